The number of carbonyl (C=O) groups excluding carboxylic acids is 1. The van der Waals surface area contributed by atoms with Crippen LogP contribution in [0, 0.1) is 0 Å². The number of anilines is 1. The predicted octanol–water partition coefficient (Wildman–Crippen LogP) is 2.78. The minimum Gasteiger partial charge on any atom is -0.360 e. The van der Waals surface area contributed by atoms with Crippen molar-refractivity contribution in [3.63, 3.8) is 0 Å². The molecular weight excluding hydrogens is 328 g/mol. The second-order valence-electron chi connectivity index (χ2n) is 6.05. The van der Waals surface area contributed by atoms with Crippen LogP contribution in [0.5, 0.6) is 0 Å². The second kappa shape index (κ2) is 7.66. The van der Waals surface area contributed by atoms with E-state index in [4.69, 9.17) is 16.1 Å². The highest BCUT2D eigenvalue weighted by Gasteiger charge is 2.26. The molecule has 128 valence electrons. The van der Waals surface area contributed by atoms with Gasteiger partial charge in [-0.15, -0.1) is 0 Å². The van der Waals surface area contributed by atoms with Crippen LogP contribution < -0.4 is 4.90 Å². The molecule has 0 bridgehead atoms. The Morgan fingerprint density at radius 2 is 2.38 bits per heavy atom. The number of amides is 1. The lowest BCUT2D eigenvalue weighted by molar-refractivity contribution is -0.132. The van der Waals surface area contributed by atoms with Crippen molar-refractivity contribution < 1.29 is 9.32 Å². The Balaban J connectivity index is 1.55. The summed E-state index contributed by atoms with van der Waals surface area (Å²) in [6, 6.07) is 7.77. The van der Waals surface area contributed by atoms with Crippen molar-refractivity contribution in [1.82, 2.24) is 15.0 Å². The van der Waals surface area contributed by atoms with E-state index in [9.17, 15) is 4.79 Å². The van der Waals surface area contributed by atoms with Gasteiger partial charge in [0.2, 0.25) is 5.91 Å². The molecular formula is C17H21ClN4O2. The molecule has 0 aromatic carbocycles. The maximum atomic E-state index is 12.5. The molecule has 3 heterocycles. The Kier molecular flexibility index (Phi) is 5.35. The molecule has 1 fully saturated rings. The van der Waals surface area contributed by atoms with Gasteiger partial charge in [0, 0.05) is 51.3 Å². The number of carbonyl (C=O) groups is 1. The number of hydrogen-bond donors (Lipinski definition) is 0. The van der Waals surface area contributed by atoms with Gasteiger partial charge in [-0.25, -0.2) is 4.98 Å². The maximum Gasteiger partial charge on any atom is 0.223 e. The second-order valence-corrected chi connectivity index (χ2v) is 6.44. The largest absolute Gasteiger partial charge is 0.360 e. The first-order valence-electron chi connectivity index (χ1n) is 8.16. The lowest BCUT2D eigenvalue weighted by Crippen LogP contribution is -2.48. The first-order valence-corrected chi connectivity index (χ1v) is 8.54. The number of nitrogens with zero attached hydrogens (tertiary/aromatic N) is 4. The molecule has 6 nitrogen and oxygen atoms in total. The third-order valence-corrected chi connectivity index (χ3v) is 4.60. The molecule has 0 N–H and O–H groups in total. The van der Waals surface area contributed by atoms with Crippen LogP contribution in [-0.4, -0.2) is 47.1 Å². The molecule has 1 saturated heterocycles. The number of likely N-dealkylation sites (N-methyl/N-ethyl adjacent to an activating group) is 1. The number of halogens is 1. The van der Waals surface area contributed by atoms with Crippen LogP contribution in [0.3, 0.4) is 0 Å². The van der Waals surface area contributed by atoms with E-state index in [1.54, 1.807) is 12.3 Å². The van der Waals surface area contributed by atoms with E-state index in [0.717, 1.165) is 31.7 Å². The molecule has 3 rings (SSSR count). The lowest BCUT2D eigenvalue weighted by Gasteiger charge is -2.38. The Morgan fingerprint density at radius 3 is 3.08 bits per heavy atom. The quantitative estimate of drug-likeness (QED) is 0.831. The average Bonchev–Trinajstić information content (AvgIpc) is 3.05. The van der Waals surface area contributed by atoms with Gasteiger partial charge in [0.1, 0.15) is 11.6 Å². The van der Waals surface area contributed by atoms with Crippen molar-refractivity contribution >= 4 is 23.3 Å². The smallest absolute Gasteiger partial charge is 0.223 e. The fraction of sp³-hybridized carbons (Fsp3) is 0.471. The summed E-state index contributed by atoms with van der Waals surface area (Å²) in [6.45, 7) is 1.79. The van der Waals surface area contributed by atoms with Crippen LogP contribution in [0.25, 0.3) is 0 Å². The van der Waals surface area contributed by atoms with Gasteiger partial charge >= 0.3 is 0 Å². The predicted molar refractivity (Wildman–Crippen MR) is 92.1 cm³/mol. The summed E-state index contributed by atoms with van der Waals surface area (Å²) in [4.78, 5) is 21.0. The van der Waals surface area contributed by atoms with E-state index >= 15 is 0 Å². The van der Waals surface area contributed by atoms with Gasteiger partial charge in [-0.05, 0) is 25.0 Å². The van der Waals surface area contributed by atoms with Gasteiger partial charge in [-0.1, -0.05) is 22.8 Å². The maximum absolute atomic E-state index is 12.5. The minimum atomic E-state index is 0.107. The number of aryl methyl sites for hydroxylation is 1. The van der Waals surface area contributed by atoms with Crippen molar-refractivity contribution in [3.05, 3.63) is 41.4 Å². The van der Waals surface area contributed by atoms with Crippen molar-refractivity contribution in [2.45, 2.75) is 31.7 Å². The van der Waals surface area contributed by atoms with Crippen molar-refractivity contribution in [3.8, 4) is 0 Å². The Morgan fingerprint density at radius 1 is 1.50 bits per heavy atom. The van der Waals surface area contributed by atoms with Crippen molar-refractivity contribution in [2.24, 2.45) is 0 Å². The molecule has 1 atom stereocenters. The summed E-state index contributed by atoms with van der Waals surface area (Å²) in [5.41, 5.74) is 0. The number of hydrogen-bond acceptors (Lipinski definition) is 5. The third kappa shape index (κ3) is 4.06. The highest BCUT2D eigenvalue weighted by molar-refractivity contribution is 6.29. The van der Waals surface area contributed by atoms with Gasteiger partial charge in [0.25, 0.3) is 0 Å². The molecule has 0 unspecified atom stereocenters. The Bertz CT molecular complexity index is 676. The molecule has 7 heteroatoms. The van der Waals surface area contributed by atoms with Gasteiger partial charge in [-0.2, -0.15) is 0 Å². The summed E-state index contributed by atoms with van der Waals surface area (Å²) in [6.07, 6.45) is 4.77. The molecule has 1 amide bonds. The van der Waals surface area contributed by atoms with Crippen LogP contribution in [0.1, 0.15) is 25.0 Å². The highest BCUT2D eigenvalue weighted by Crippen LogP contribution is 2.21. The average molecular weight is 349 g/mol. The highest BCUT2D eigenvalue weighted by atomic mass is 35.5. The first kappa shape index (κ1) is 16.8. The Labute approximate surface area is 146 Å². The zero-order valence-electron chi connectivity index (χ0n) is 13.7. The molecule has 0 radical (unpaired) electrons. The van der Waals surface area contributed by atoms with Crippen molar-refractivity contribution in [2.75, 3.05) is 25.0 Å². The summed E-state index contributed by atoms with van der Waals surface area (Å²) < 4.78 is 5.05. The standard InChI is InChI=1S/C17H21ClN4O2/c1-21(17(23)8-7-14-11-15(18)20-24-14)13-5-4-10-22(12-13)16-6-2-3-9-19-16/h2-3,6,9,11,13H,4-5,7-8,10,12H2,1H3/t13-/m0/s1. The van der Waals surface area contributed by atoms with E-state index in [0.29, 0.717) is 23.8 Å². The molecule has 1 aliphatic heterocycles. The number of piperidine rings is 1. The fourth-order valence-electron chi connectivity index (χ4n) is 3.04. The lowest BCUT2D eigenvalue weighted by atomic mass is 10.0. The first-order chi connectivity index (χ1) is 11.6. The molecule has 1 aliphatic rings. The molecule has 0 spiro atoms. The number of aromatic nitrogens is 2. The van der Waals surface area contributed by atoms with Gasteiger partial charge in [0.05, 0.1) is 0 Å². The van der Waals surface area contributed by atoms with E-state index in [2.05, 4.69) is 15.0 Å². The monoisotopic (exact) mass is 348 g/mol. The van der Waals surface area contributed by atoms with E-state index in [1.165, 1.54) is 0 Å². The van der Waals surface area contributed by atoms with E-state index in [1.807, 2.05) is 30.1 Å². The number of rotatable bonds is 5. The summed E-state index contributed by atoms with van der Waals surface area (Å²) in [5.74, 6) is 1.72. The third-order valence-electron chi connectivity index (χ3n) is 4.43. The zero-order valence-corrected chi connectivity index (χ0v) is 14.4. The normalized spacial score (nSPS) is 17.8. The fourth-order valence-corrected chi connectivity index (χ4v) is 3.19. The van der Waals surface area contributed by atoms with Gasteiger partial charge in [0.15, 0.2) is 5.15 Å². The van der Waals surface area contributed by atoms with Crippen LogP contribution >= 0.6 is 11.6 Å². The molecule has 0 aliphatic carbocycles. The molecule has 24 heavy (non-hydrogen) atoms. The zero-order chi connectivity index (χ0) is 16.9. The van der Waals surface area contributed by atoms with E-state index < -0.39 is 0 Å². The molecule has 2 aromatic heterocycles. The summed E-state index contributed by atoms with van der Waals surface area (Å²) in [5, 5.41) is 3.95. The summed E-state index contributed by atoms with van der Waals surface area (Å²) in [7, 11) is 1.88. The molecule has 2 aromatic rings. The number of pyridine rings is 1. The SMILES string of the molecule is CN(C(=O)CCc1cc(Cl)no1)[C@H]1CCCN(c2ccccn2)C1. The molecule has 0 saturated carbocycles. The van der Waals surface area contributed by atoms with Gasteiger partial charge in [-0.3, -0.25) is 4.79 Å². The minimum absolute atomic E-state index is 0.107. The van der Waals surface area contributed by atoms with Gasteiger partial charge < -0.3 is 14.3 Å². The topological polar surface area (TPSA) is 62.5 Å². The Hall–Kier alpha value is -2.08. The van der Waals surface area contributed by atoms with Crippen LogP contribution in [0.15, 0.2) is 35.0 Å². The van der Waals surface area contributed by atoms with Crippen molar-refractivity contribution in [1.29, 1.82) is 0 Å². The van der Waals surface area contributed by atoms with Crippen LogP contribution in [0.2, 0.25) is 5.15 Å². The van der Waals surface area contributed by atoms with Crippen LogP contribution in [-0.2, 0) is 11.2 Å². The van der Waals surface area contributed by atoms with Crippen LogP contribution in [0.4, 0.5) is 5.82 Å². The van der Waals surface area contributed by atoms with E-state index in [-0.39, 0.29) is 11.9 Å². The summed E-state index contributed by atoms with van der Waals surface area (Å²) >= 11 is 5.72.